The van der Waals surface area contributed by atoms with Gasteiger partial charge in [-0.1, -0.05) is 0 Å². The Balaban J connectivity index is 2.16. The zero-order chi connectivity index (χ0) is 14.2. The van der Waals surface area contributed by atoms with Crippen molar-refractivity contribution in [3.8, 4) is 0 Å². The molecule has 1 aliphatic heterocycles. The Bertz CT molecular complexity index is 502. The molecule has 0 spiro atoms. The van der Waals surface area contributed by atoms with Gasteiger partial charge in [-0.05, 0) is 33.8 Å². The van der Waals surface area contributed by atoms with Crippen LogP contribution in [0.2, 0.25) is 0 Å². The van der Waals surface area contributed by atoms with E-state index in [4.69, 9.17) is 4.74 Å². The highest BCUT2D eigenvalue weighted by atomic mass is 16.6. The third kappa shape index (κ3) is 2.94. The molecule has 1 unspecified atom stereocenters. The molecule has 0 aliphatic carbocycles. The van der Waals surface area contributed by atoms with Gasteiger partial charge in [0.1, 0.15) is 11.3 Å². The third-order valence-corrected chi connectivity index (χ3v) is 2.93. The van der Waals surface area contributed by atoms with Crippen molar-refractivity contribution in [2.75, 3.05) is 0 Å². The van der Waals surface area contributed by atoms with E-state index in [1.54, 1.807) is 15.6 Å². The summed E-state index contributed by atoms with van der Waals surface area (Å²) in [7, 11) is 0. The molecule has 1 amide bonds. The maximum Gasteiger partial charge on any atom is 0.410 e. The summed E-state index contributed by atoms with van der Waals surface area (Å²) in [5.41, 5.74) is 0.738. The Kier molecular flexibility index (Phi) is 3.34. The van der Waals surface area contributed by atoms with Gasteiger partial charge in [0.25, 0.3) is 0 Å². The lowest BCUT2D eigenvalue weighted by Crippen LogP contribution is -2.46. The molecule has 1 aromatic heterocycles. The molecule has 1 aromatic rings. The van der Waals surface area contributed by atoms with Gasteiger partial charge in [-0.3, -0.25) is 14.4 Å². The van der Waals surface area contributed by atoms with Crippen LogP contribution < -0.4 is 0 Å². The quantitative estimate of drug-likeness (QED) is 0.727. The average molecular weight is 265 g/mol. The summed E-state index contributed by atoms with van der Waals surface area (Å²) in [5.74, 6) is 0. The Labute approximate surface area is 112 Å². The van der Waals surface area contributed by atoms with Crippen LogP contribution in [0.25, 0.3) is 0 Å². The number of aromatic nitrogens is 2. The SMILES string of the molecule is CC1Cn2nc(C=O)cc2CN1C(=O)OC(C)(C)C. The van der Waals surface area contributed by atoms with Crippen LogP contribution in [-0.4, -0.2) is 38.7 Å². The van der Waals surface area contributed by atoms with Gasteiger partial charge in [0.05, 0.1) is 24.8 Å². The number of fused-ring (bicyclic) bond motifs is 1. The van der Waals surface area contributed by atoms with Crippen LogP contribution in [0.5, 0.6) is 0 Å². The van der Waals surface area contributed by atoms with Crippen LogP contribution in [0, 0.1) is 0 Å². The highest BCUT2D eigenvalue weighted by Crippen LogP contribution is 2.20. The minimum absolute atomic E-state index is 0.0123. The molecule has 0 saturated carbocycles. The van der Waals surface area contributed by atoms with Crippen molar-refractivity contribution < 1.29 is 14.3 Å². The number of rotatable bonds is 1. The second-order valence-electron chi connectivity index (χ2n) is 5.82. The topological polar surface area (TPSA) is 64.4 Å². The van der Waals surface area contributed by atoms with Crippen molar-refractivity contribution in [3.63, 3.8) is 0 Å². The molecule has 0 saturated heterocycles. The number of ether oxygens (including phenoxy) is 1. The zero-order valence-electron chi connectivity index (χ0n) is 11.7. The maximum atomic E-state index is 12.1. The fraction of sp³-hybridized carbons (Fsp3) is 0.615. The summed E-state index contributed by atoms with van der Waals surface area (Å²) in [6.45, 7) is 8.45. The van der Waals surface area contributed by atoms with Gasteiger partial charge in [0.2, 0.25) is 0 Å². The second kappa shape index (κ2) is 4.68. The normalized spacial score (nSPS) is 18.9. The number of nitrogens with zero attached hydrogens (tertiary/aromatic N) is 3. The minimum atomic E-state index is -0.511. The molecule has 0 fully saturated rings. The van der Waals surface area contributed by atoms with E-state index < -0.39 is 5.60 Å². The summed E-state index contributed by atoms with van der Waals surface area (Å²) in [4.78, 5) is 24.5. The van der Waals surface area contributed by atoms with Crippen LogP contribution in [0.1, 0.15) is 43.9 Å². The summed E-state index contributed by atoms with van der Waals surface area (Å²) < 4.78 is 7.16. The summed E-state index contributed by atoms with van der Waals surface area (Å²) in [6.07, 6.45) is 0.383. The minimum Gasteiger partial charge on any atom is -0.444 e. The lowest BCUT2D eigenvalue weighted by molar-refractivity contribution is 0.00905. The van der Waals surface area contributed by atoms with Gasteiger partial charge < -0.3 is 4.74 Å². The first-order valence-corrected chi connectivity index (χ1v) is 6.31. The van der Waals surface area contributed by atoms with Gasteiger partial charge in [-0.25, -0.2) is 4.79 Å². The third-order valence-electron chi connectivity index (χ3n) is 2.93. The molecule has 0 aromatic carbocycles. The van der Waals surface area contributed by atoms with Gasteiger partial charge >= 0.3 is 6.09 Å². The zero-order valence-corrected chi connectivity index (χ0v) is 11.7. The molecular weight excluding hydrogens is 246 g/mol. The van der Waals surface area contributed by atoms with Crippen LogP contribution in [0.15, 0.2) is 6.07 Å². The number of carbonyl (C=O) groups is 2. The summed E-state index contributed by atoms with van der Waals surface area (Å²) in [6, 6.07) is 1.69. The van der Waals surface area contributed by atoms with Gasteiger partial charge in [-0.2, -0.15) is 5.10 Å². The summed E-state index contributed by atoms with van der Waals surface area (Å²) >= 11 is 0. The standard InChI is InChI=1S/C13H19N3O3/c1-9-6-16-11(5-10(8-17)14-16)7-15(9)12(18)19-13(2,3)4/h5,8-9H,6-7H2,1-4H3. The first-order chi connectivity index (χ1) is 8.80. The van der Waals surface area contributed by atoms with E-state index in [-0.39, 0.29) is 12.1 Å². The first kappa shape index (κ1) is 13.6. The van der Waals surface area contributed by atoms with E-state index >= 15 is 0 Å². The van der Waals surface area contributed by atoms with E-state index in [1.165, 1.54) is 0 Å². The molecular formula is C13H19N3O3. The second-order valence-corrected chi connectivity index (χ2v) is 5.82. The molecule has 6 nitrogen and oxygen atoms in total. The number of hydrogen-bond acceptors (Lipinski definition) is 4. The van der Waals surface area contributed by atoms with Gasteiger partial charge in [-0.15, -0.1) is 0 Å². The Morgan fingerprint density at radius 2 is 2.21 bits per heavy atom. The van der Waals surface area contributed by atoms with Crippen LogP contribution in [-0.2, 0) is 17.8 Å². The largest absolute Gasteiger partial charge is 0.444 e. The maximum absolute atomic E-state index is 12.1. The fourth-order valence-electron chi connectivity index (χ4n) is 2.06. The molecule has 2 heterocycles. The van der Waals surface area contributed by atoms with Gasteiger partial charge in [0.15, 0.2) is 6.29 Å². The molecule has 6 heteroatoms. The molecule has 19 heavy (non-hydrogen) atoms. The highest BCUT2D eigenvalue weighted by Gasteiger charge is 2.31. The molecule has 0 radical (unpaired) electrons. The fourth-order valence-corrected chi connectivity index (χ4v) is 2.06. The smallest absolute Gasteiger partial charge is 0.410 e. The molecule has 1 atom stereocenters. The van der Waals surface area contributed by atoms with Crippen molar-refractivity contribution in [2.24, 2.45) is 0 Å². The Morgan fingerprint density at radius 1 is 1.53 bits per heavy atom. The monoisotopic (exact) mass is 265 g/mol. The Hall–Kier alpha value is -1.85. The van der Waals surface area contributed by atoms with Gasteiger partial charge in [0, 0.05) is 0 Å². The molecule has 0 N–H and O–H groups in total. The predicted octanol–water partition coefficient (Wildman–Crippen LogP) is 1.83. The van der Waals surface area contributed by atoms with E-state index in [9.17, 15) is 9.59 Å². The number of amides is 1. The van der Waals surface area contributed by atoms with E-state index in [0.717, 1.165) is 5.69 Å². The average Bonchev–Trinajstić information content (AvgIpc) is 2.67. The lowest BCUT2D eigenvalue weighted by Gasteiger charge is -2.35. The van der Waals surface area contributed by atoms with E-state index in [1.807, 2.05) is 27.7 Å². The molecule has 104 valence electrons. The van der Waals surface area contributed by atoms with Crippen molar-refractivity contribution in [2.45, 2.75) is 52.4 Å². The van der Waals surface area contributed by atoms with E-state index in [2.05, 4.69) is 5.10 Å². The number of hydrogen-bond donors (Lipinski definition) is 0. The van der Waals surface area contributed by atoms with Crippen molar-refractivity contribution in [3.05, 3.63) is 17.5 Å². The van der Waals surface area contributed by atoms with Crippen LogP contribution in [0.4, 0.5) is 4.79 Å². The Morgan fingerprint density at radius 3 is 2.79 bits per heavy atom. The number of carbonyl (C=O) groups excluding carboxylic acids is 2. The van der Waals surface area contributed by atoms with Crippen LogP contribution >= 0.6 is 0 Å². The summed E-state index contributed by atoms with van der Waals surface area (Å²) in [5, 5.41) is 4.16. The van der Waals surface area contributed by atoms with E-state index in [0.29, 0.717) is 25.1 Å². The molecule has 1 aliphatic rings. The highest BCUT2D eigenvalue weighted by molar-refractivity contribution is 5.72. The molecule has 0 bridgehead atoms. The number of aldehydes is 1. The lowest BCUT2D eigenvalue weighted by atomic mass is 10.2. The van der Waals surface area contributed by atoms with Crippen LogP contribution in [0.3, 0.4) is 0 Å². The molecule has 2 rings (SSSR count). The predicted molar refractivity (Wildman–Crippen MR) is 68.9 cm³/mol. The van der Waals surface area contributed by atoms with Crippen molar-refractivity contribution in [1.29, 1.82) is 0 Å². The van der Waals surface area contributed by atoms with Crippen molar-refractivity contribution in [1.82, 2.24) is 14.7 Å². The van der Waals surface area contributed by atoms with Crippen molar-refractivity contribution >= 4 is 12.4 Å². The first-order valence-electron chi connectivity index (χ1n) is 6.31.